The molecule has 5 unspecified atom stereocenters. The molecule has 0 aromatic carbocycles. The zero-order valence-corrected chi connectivity index (χ0v) is 9.86. The number of rotatable bonds is 2. The summed E-state index contributed by atoms with van der Waals surface area (Å²) in [4.78, 5) is 24.3. The lowest BCUT2D eigenvalue weighted by Gasteiger charge is -2.23. The van der Waals surface area contributed by atoms with Gasteiger partial charge in [0.25, 0.3) is 11.4 Å². The van der Waals surface area contributed by atoms with Gasteiger partial charge in [-0.25, -0.2) is 9.18 Å². The number of H-pyrrole nitrogens is 1. The molecule has 0 amide bonds. The van der Waals surface area contributed by atoms with Crippen molar-refractivity contribution in [2.75, 3.05) is 0 Å². The molecule has 0 radical (unpaired) electrons. The van der Waals surface area contributed by atoms with Crippen molar-refractivity contribution in [3.05, 3.63) is 33.1 Å². The molecule has 1 aromatic heterocycles. The fourth-order valence-electron chi connectivity index (χ4n) is 1.95. The van der Waals surface area contributed by atoms with E-state index in [9.17, 15) is 29.3 Å². The molecule has 5 atom stereocenters. The second kappa shape index (κ2) is 4.53. The van der Waals surface area contributed by atoms with E-state index in [0.29, 0.717) is 4.57 Å². The summed E-state index contributed by atoms with van der Waals surface area (Å²) in [6, 6.07) is 0.933. The Morgan fingerprint density at radius 1 is 1.58 bits per heavy atom. The summed E-state index contributed by atoms with van der Waals surface area (Å²) in [5.74, 6) is -3.27. The first-order chi connectivity index (χ1) is 8.75. The fourth-order valence-corrected chi connectivity index (χ4v) is 1.95. The predicted octanol–water partition coefficient (Wildman–Crippen LogP) is -2.17. The number of ether oxygens (including phenoxy) is 1. The summed E-state index contributed by atoms with van der Waals surface area (Å²) in [6.07, 6.45) is -5.64. The van der Waals surface area contributed by atoms with E-state index in [0.717, 1.165) is 12.3 Å². The summed E-state index contributed by atoms with van der Waals surface area (Å²) in [6.45, 7) is 1.24. The van der Waals surface area contributed by atoms with Crippen molar-refractivity contribution >= 4 is 0 Å². The first-order valence-corrected chi connectivity index (χ1v) is 5.49. The standard InChI is InChI=1S/C10H13FN2O6/c1-4(14)6-7(16)10(11,18)8(19-6)13-3-2-5(15)12-9(13)17/h2-4,6-8,14,16,18H,1H3,(H,12,15,17). The van der Waals surface area contributed by atoms with Gasteiger partial charge in [-0.1, -0.05) is 0 Å². The van der Waals surface area contributed by atoms with Gasteiger partial charge in [0.05, 0.1) is 6.10 Å². The molecule has 0 spiro atoms. The summed E-state index contributed by atoms with van der Waals surface area (Å²) < 4.78 is 19.6. The van der Waals surface area contributed by atoms with Gasteiger partial charge in [0, 0.05) is 12.3 Å². The highest BCUT2D eigenvalue weighted by atomic mass is 19.2. The van der Waals surface area contributed by atoms with Gasteiger partial charge in [-0.2, -0.15) is 0 Å². The highest BCUT2D eigenvalue weighted by Crippen LogP contribution is 2.39. The Morgan fingerprint density at radius 3 is 2.68 bits per heavy atom. The minimum Gasteiger partial charge on any atom is -0.391 e. The van der Waals surface area contributed by atoms with E-state index in [-0.39, 0.29) is 0 Å². The Morgan fingerprint density at radius 2 is 2.21 bits per heavy atom. The quantitative estimate of drug-likeness (QED) is 0.487. The van der Waals surface area contributed by atoms with Gasteiger partial charge in [0.2, 0.25) is 0 Å². The van der Waals surface area contributed by atoms with E-state index in [1.54, 1.807) is 0 Å². The molecule has 9 heteroatoms. The maximum absolute atomic E-state index is 14.1. The molecule has 4 N–H and O–H groups in total. The van der Waals surface area contributed by atoms with Crippen molar-refractivity contribution in [3.8, 4) is 0 Å². The van der Waals surface area contributed by atoms with Crippen molar-refractivity contribution in [1.82, 2.24) is 9.55 Å². The van der Waals surface area contributed by atoms with Crippen molar-refractivity contribution in [2.24, 2.45) is 0 Å². The fraction of sp³-hybridized carbons (Fsp3) is 0.600. The van der Waals surface area contributed by atoms with Gasteiger partial charge in [-0.15, -0.1) is 0 Å². The lowest BCUT2D eigenvalue weighted by atomic mass is 10.0. The highest BCUT2D eigenvalue weighted by molar-refractivity contribution is 4.99. The van der Waals surface area contributed by atoms with Crippen LogP contribution in [0, 0.1) is 0 Å². The third-order valence-corrected chi connectivity index (χ3v) is 2.94. The molecule has 1 fully saturated rings. The molecule has 1 aliphatic heterocycles. The van der Waals surface area contributed by atoms with E-state index in [4.69, 9.17) is 4.74 Å². The number of aliphatic hydroxyl groups is 3. The number of hydrogen-bond donors (Lipinski definition) is 4. The van der Waals surface area contributed by atoms with Crippen LogP contribution >= 0.6 is 0 Å². The third-order valence-electron chi connectivity index (χ3n) is 2.94. The van der Waals surface area contributed by atoms with E-state index in [1.165, 1.54) is 6.92 Å². The second-order valence-corrected chi connectivity index (χ2v) is 4.38. The summed E-state index contributed by atoms with van der Waals surface area (Å²) in [7, 11) is 0. The zero-order chi connectivity index (χ0) is 14.4. The highest BCUT2D eigenvalue weighted by Gasteiger charge is 2.58. The molecule has 8 nitrogen and oxygen atoms in total. The smallest absolute Gasteiger partial charge is 0.330 e. The number of alkyl halides is 1. The number of nitrogens with zero attached hydrogens (tertiary/aromatic N) is 1. The second-order valence-electron chi connectivity index (χ2n) is 4.38. The lowest BCUT2D eigenvalue weighted by molar-refractivity contribution is -0.197. The Labute approximate surface area is 105 Å². The SMILES string of the molecule is CC(O)C1OC(n2ccc(=O)[nH]c2=O)C(O)(F)C1O. The number of hydrogen-bond acceptors (Lipinski definition) is 6. The molecule has 0 aliphatic carbocycles. The van der Waals surface area contributed by atoms with E-state index in [2.05, 4.69) is 0 Å². The zero-order valence-electron chi connectivity index (χ0n) is 9.86. The molecule has 106 valence electrons. The predicted molar refractivity (Wildman–Crippen MR) is 59.0 cm³/mol. The minimum absolute atomic E-state index is 0.590. The third kappa shape index (κ3) is 2.21. The van der Waals surface area contributed by atoms with Crippen LogP contribution < -0.4 is 11.2 Å². The van der Waals surface area contributed by atoms with Crippen molar-refractivity contribution < 1.29 is 24.4 Å². The molecular formula is C10H13FN2O6. The molecule has 1 aromatic rings. The van der Waals surface area contributed by atoms with Gasteiger partial charge in [0.1, 0.15) is 12.2 Å². The Hall–Kier alpha value is -1.55. The first kappa shape index (κ1) is 13.9. The topological polar surface area (TPSA) is 125 Å². The van der Waals surface area contributed by atoms with Gasteiger partial charge >= 0.3 is 5.69 Å². The van der Waals surface area contributed by atoms with Crippen molar-refractivity contribution in [3.63, 3.8) is 0 Å². The Bertz CT molecular complexity index is 580. The van der Waals surface area contributed by atoms with Crippen molar-refractivity contribution in [2.45, 2.75) is 37.3 Å². The van der Waals surface area contributed by atoms with E-state index in [1.807, 2.05) is 4.98 Å². The number of nitrogens with one attached hydrogen (secondary N) is 1. The molecule has 19 heavy (non-hydrogen) atoms. The number of aromatic nitrogens is 2. The van der Waals surface area contributed by atoms with E-state index >= 15 is 0 Å². The van der Waals surface area contributed by atoms with Gasteiger partial charge in [-0.3, -0.25) is 14.3 Å². The Kier molecular flexibility index (Phi) is 3.31. The number of aromatic amines is 1. The van der Waals surface area contributed by atoms with Crippen LogP contribution in [0.5, 0.6) is 0 Å². The number of aliphatic hydroxyl groups excluding tert-OH is 2. The maximum atomic E-state index is 14.1. The van der Waals surface area contributed by atoms with Crippen LogP contribution in [0.1, 0.15) is 13.2 Å². The van der Waals surface area contributed by atoms with Crippen LogP contribution in [0.4, 0.5) is 4.39 Å². The van der Waals surface area contributed by atoms with Crippen LogP contribution in [-0.4, -0.2) is 49.0 Å². The molecule has 2 heterocycles. The summed E-state index contributed by atoms with van der Waals surface area (Å²) >= 11 is 0. The van der Waals surface area contributed by atoms with Gasteiger partial charge in [0.15, 0.2) is 6.23 Å². The lowest BCUT2D eigenvalue weighted by Crippen LogP contribution is -2.46. The maximum Gasteiger partial charge on any atom is 0.330 e. The monoisotopic (exact) mass is 276 g/mol. The van der Waals surface area contributed by atoms with Crippen LogP contribution in [0.25, 0.3) is 0 Å². The summed E-state index contributed by atoms with van der Waals surface area (Å²) in [5, 5.41) is 28.5. The largest absolute Gasteiger partial charge is 0.391 e. The van der Waals surface area contributed by atoms with Crippen LogP contribution in [0.15, 0.2) is 21.9 Å². The molecular weight excluding hydrogens is 263 g/mol. The molecule has 1 aliphatic rings. The Balaban J connectivity index is 2.45. The van der Waals surface area contributed by atoms with Crippen molar-refractivity contribution in [1.29, 1.82) is 0 Å². The average Bonchev–Trinajstić information content (AvgIpc) is 2.52. The molecule has 0 bridgehead atoms. The average molecular weight is 276 g/mol. The molecule has 2 rings (SSSR count). The van der Waals surface area contributed by atoms with Crippen LogP contribution in [-0.2, 0) is 4.74 Å². The van der Waals surface area contributed by atoms with Gasteiger partial charge < -0.3 is 20.1 Å². The molecule has 0 saturated carbocycles. The number of halogens is 1. The van der Waals surface area contributed by atoms with Crippen LogP contribution in [0.3, 0.4) is 0 Å². The van der Waals surface area contributed by atoms with Crippen LogP contribution in [0.2, 0.25) is 0 Å². The van der Waals surface area contributed by atoms with E-state index < -0.39 is 41.6 Å². The first-order valence-electron chi connectivity index (χ1n) is 5.49. The molecule has 1 saturated heterocycles. The summed E-state index contributed by atoms with van der Waals surface area (Å²) in [5.41, 5.74) is -1.71. The van der Waals surface area contributed by atoms with Gasteiger partial charge in [-0.05, 0) is 6.92 Å². The minimum atomic E-state index is -3.27. The normalized spacial score (nSPS) is 36.4.